The molecule has 2 N–H and O–H groups in total. The van der Waals surface area contributed by atoms with E-state index in [1.807, 2.05) is 57.2 Å². The van der Waals surface area contributed by atoms with Crippen LogP contribution in [0.3, 0.4) is 0 Å². The van der Waals surface area contributed by atoms with Crippen LogP contribution in [0.1, 0.15) is 24.5 Å². The van der Waals surface area contributed by atoms with Gasteiger partial charge in [-0.3, -0.25) is 9.52 Å². The number of ether oxygens (including phenoxy) is 1. The van der Waals surface area contributed by atoms with Gasteiger partial charge in [-0.1, -0.05) is 42.8 Å². The van der Waals surface area contributed by atoms with Gasteiger partial charge in [0.1, 0.15) is 5.75 Å². The summed E-state index contributed by atoms with van der Waals surface area (Å²) in [6, 6.07) is 20.7. The zero-order valence-electron chi connectivity index (χ0n) is 17.8. The maximum atomic E-state index is 12.7. The van der Waals surface area contributed by atoms with Crippen molar-refractivity contribution in [2.75, 3.05) is 10.0 Å². The van der Waals surface area contributed by atoms with E-state index in [4.69, 9.17) is 4.74 Å². The van der Waals surface area contributed by atoms with Gasteiger partial charge in [0.2, 0.25) is 0 Å². The molecule has 0 bridgehead atoms. The summed E-state index contributed by atoms with van der Waals surface area (Å²) < 4.78 is 33.7. The highest BCUT2D eigenvalue weighted by molar-refractivity contribution is 7.92. The predicted octanol–water partition coefficient (Wildman–Crippen LogP) is 4.90. The van der Waals surface area contributed by atoms with Gasteiger partial charge in [-0.15, -0.1) is 0 Å². The van der Waals surface area contributed by atoms with Crippen LogP contribution < -0.4 is 14.8 Å². The van der Waals surface area contributed by atoms with Crippen LogP contribution in [0, 0.1) is 13.8 Å². The first-order chi connectivity index (χ1) is 14.8. The Bertz CT molecular complexity index is 1140. The molecule has 7 heteroatoms. The fraction of sp³-hybridized carbons (Fsp3) is 0.208. The molecule has 1 atom stereocenters. The monoisotopic (exact) mass is 438 g/mol. The number of benzene rings is 3. The van der Waals surface area contributed by atoms with E-state index in [1.165, 1.54) is 12.1 Å². The van der Waals surface area contributed by atoms with Crippen molar-refractivity contribution in [3.63, 3.8) is 0 Å². The fourth-order valence-corrected chi connectivity index (χ4v) is 4.07. The number of hydrogen-bond donors (Lipinski definition) is 2. The van der Waals surface area contributed by atoms with Crippen LogP contribution in [0.15, 0.2) is 77.7 Å². The molecule has 6 nitrogen and oxygen atoms in total. The van der Waals surface area contributed by atoms with Gasteiger partial charge in [-0.05, 0) is 68.3 Å². The Morgan fingerprint density at radius 1 is 0.935 bits per heavy atom. The molecule has 162 valence electrons. The summed E-state index contributed by atoms with van der Waals surface area (Å²) in [5.74, 6) is 0.327. The maximum absolute atomic E-state index is 12.7. The van der Waals surface area contributed by atoms with Crippen LogP contribution in [0.4, 0.5) is 11.4 Å². The van der Waals surface area contributed by atoms with Crippen molar-refractivity contribution in [1.29, 1.82) is 0 Å². The molecule has 1 amide bonds. The molecule has 0 fully saturated rings. The van der Waals surface area contributed by atoms with Crippen molar-refractivity contribution in [2.45, 2.75) is 38.2 Å². The highest BCUT2D eigenvalue weighted by Gasteiger charge is 2.19. The molecule has 0 aliphatic rings. The van der Waals surface area contributed by atoms with Crippen molar-refractivity contribution >= 4 is 27.3 Å². The van der Waals surface area contributed by atoms with E-state index >= 15 is 0 Å². The summed E-state index contributed by atoms with van der Waals surface area (Å²) in [4.78, 5) is 12.7. The van der Waals surface area contributed by atoms with Crippen LogP contribution in [0.5, 0.6) is 5.75 Å². The molecule has 0 spiro atoms. The summed E-state index contributed by atoms with van der Waals surface area (Å²) in [5.41, 5.74) is 2.95. The van der Waals surface area contributed by atoms with Crippen molar-refractivity contribution in [1.82, 2.24) is 0 Å². The second-order valence-electron chi connectivity index (χ2n) is 7.26. The molecule has 0 aliphatic heterocycles. The molecule has 0 aliphatic carbocycles. The molecule has 0 radical (unpaired) electrons. The summed E-state index contributed by atoms with van der Waals surface area (Å²) in [5, 5.41) is 2.78. The topological polar surface area (TPSA) is 84.5 Å². The average molecular weight is 439 g/mol. The molecule has 0 heterocycles. The lowest BCUT2D eigenvalue weighted by atomic mass is 10.2. The van der Waals surface area contributed by atoms with Gasteiger partial charge in [0.25, 0.3) is 15.9 Å². The Morgan fingerprint density at radius 3 is 2.19 bits per heavy atom. The maximum Gasteiger partial charge on any atom is 0.265 e. The van der Waals surface area contributed by atoms with E-state index in [0.717, 1.165) is 11.1 Å². The molecule has 0 saturated heterocycles. The molecule has 3 aromatic carbocycles. The number of nitrogens with one attached hydrogen (secondary N) is 2. The molecule has 31 heavy (non-hydrogen) atoms. The van der Waals surface area contributed by atoms with E-state index in [0.29, 0.717) is 23.5 Å². The Hall–Kier alpha value is -3.32. The second kappa shape index (κ2) is 9.66. The van der Waals surface area contributed by atoms with Gasteiger partial charge in [0.05, 0.1) is 10.6 Å². The van der Waals surface area contributed by atoms with Crippen LogP contribution in [0.25, 0.3) is 0 Å². The van der Waals surface area contributed by atoms with Crippen LogP contribution in [-0.4, -0.2) is 20.4 Å². The summed E-state index contributed by atoms with van der Waals surface area (Å²) in [6.45, 7) is 5.68. The number of amides is 1. The first kappa shape index (κ1) is 22.4. The number of anilines is 2. The van der Waals surface area contributed by atoms with Crippen molar-refractivity contribution < 1.29 is 17.9 Å². The van der Waals surface area contributed by atoms with Crippen molar-refractivity contribution in [3.05, 3.63) is 83.9 Å². The highest BCUT2D eigenvalue weighted by atomic mass is 32.2. The van der Waals surface area contributed by atoms with Crippen LogP contribution >= 0.6 is 0 Å². The lowest BCUT2D eigenvalue weighted by Crippen LogP contribution is -2.32. The van der Waals surface area contributed by atoms with E-state index in [1.54, 1.807) is 24.3 Å². The van der Waals surface area contributed by atoms with Gasteiger partial charge in [0, 0.05) is 5.69 Å². The van der Waals surface area contributed by atoms with E-state index in [2.05, 4.69) is 10.0 Å². The first-order valence-electron chi connectivity index (χ1n) is 10.0. The van der Waals surface area contributed by atoms with Crippen molar-refractivity contribution in [2.24, 2.45) is 0 Å². The number of para-hydroxylation sites is 1. The molecule has 3 aromatic rings. The third kappa shape index (κ3) is 5.86. The SMILES string of the molecule is CC[C@H](Oc1ccc(C)cc1)C(=O)Nc1ccc(S(=O)(=O)Nc2ccccc2C)cc1. The van der Waals surface area contributed by atoms with E-state index in [9.17, 15) is 13.2 Å². The first-order valence-corrected chi connectivity index (χ1v) is 11.5. The summed E-state index contributed by atoms with van der Waals surface area (Å²) >= 11 is 0. The number of carbonyl (C=O) groups is 1. The predicted molar refractivity (Wildman–Crippen MR) is 123 cm³/mol. The molecule has 0 saturated carbocycles. The molecule has 0 unspecified atom stereocenters. The number of carbonyl (C=O) groups excluding carboxylic acids is 1. The summed E-state index contributed by atoms with van der Waals surface area (Å²) in [6.07, 6.45) is -0.166. The molecular weight excluding hydrogens is 412 g/mol. The van der Waals surface area contributed by atoms with Crippen molar-refractivity contribution in [3.8, 4) is 5.75 Å². The minimum Gasteiger partial charge on any atom is -0.481 e. The number of rotatable bonds is 8. The fourth-order valence-electron chi connectivity index (χ4n) is 2.93. The molecule has 0 aromatic heterocycles. The lowest BCUT2D eigenvalue weighted by molar-refractivity contribution is -0.122. The zero-order chi connectivity index (χ0) is 22.4. The third-order valence-electron chi connectivity index (χ3n) is 4.78. The largest absolute Gasteiger partial charge is 0.481 e. The standard InChI is InChI=1S/C24H26N2O4S/c1-4-23(30-20-13-9-17(2)10-14-20)24(27)25-19-11-15-21(16-12-19)31(28,29)26-22-8-6-5-7-18(22)3/h5-16,23,26H,4H2,1-3H3,(H,25,27)/t23-/m0/s1. The quantitative estimate of drug-likeness (QED) is 0.524. The Balaban J connectivity index is 1.67. The minimum absolute atomic E-state index is 0.108. The Kier molecular flexibility index (Phi) is 6.97. The normalized spacial score (nSPS) is 12.1. The minimum atomic E-state index is -3.73. The third-order valence-corrected chi connectivity index (χ3v) is 6.17. The molecule has 3 rings (SSSR count). The van der Waals surface area contributed by atoms with Crippen LogP contribution in [0.2, 0.25) is 0 Å². The van der Waals surface area contributed by atoms with Gasteiger partial charge in [0.15, 0.2) is 6.10 Å². The number of sulfonamides is 1. The number of hydrogen-bond acceptors (Lipinski definition) is 4. The van der Waals surface area contributed by atoms with Gasteiger partial charge < -0.3 is 10.1 Å². The van der Waals surface area contributed by atoms with Gasteiger partial charge in [-0.25, -0.2) is 8.42 Å². The second-order valence-corrected chi connectivity index (χ2v) is 8.94. The smallest absolute Gasteiger partial charge is 0.265 e. The lowest BCUT2D eigenvalue weighted by Gasteiger charge is -2.17. The number of aryl methyl sites for hydroxylation is 2. The highest BCUT2D eigenvalue weighted by Crippen LogP contribution is 2.21. The zero-order valence-corrected chi connectivity index (χ0v) is 18.6. The van der Waals surface area contributed by atoms with E-state index in [-0.39, 0.29) is 10.8 Å². The van der Waals surface area contributed by atoms with Gasteiger partial charge in [-0.2, -0.15) is 0 Å². The van der Waals surface area contributed by atoms with Gasteiger partial charge >= 0.3 is 0 Å². The van der Waals surface area contributed by atoms with Crippen LogP contribution in [-0.2, 0) is 14.8 Å². The molecular formula is C24H26N2O4S. The summed E-state index contributed by atoms with van der Waals surface area (Å²) in [7, 11) is -3.73. The Labute approximate surface area is 183 Å². The Morgan fingerprint density at radius 2 is 1.58 bits per heavy atom. The average Bonchev–Trinajstić information content (AvgIpc) is 2.75. The van der Waals surface area contributed by atoms with E-state index < -0.39 is 16.1 Å².